The molecule has 3 N–H and O–H groups in total. The van der Waals surface area contributed by atoms with Crippen molar-refractivity contribution in [2.45, 2.75) is 31.8 Å². The summed E-state index contributed by atoms with van der Waals surface area (Å²) in [7, 11) is 0. The molecule has 25 heavy (non-hydrogen) atoms. The van der Waals surface area contributed by atoms with Crippen molar-refractivity contribution in [3.8, 4) is 5.75 Å². The van der Waals surface area contributed by atoms with Crippen LogP contribution in [0.25, 0.3) is 0 Å². The topological polar surface area (TPSA) is 75.3 Å². The fraction of sp³-hybridized carbons (Fsp3) is 0.368. The fourth-order valence-corrected chi connectivity index (χ4v) is 2.91. The minimum absolute atomic E-state index is 0.0184. The van der Waals surface area contributed by atoms with Gasteiger partial charge in [0.2, 0.25) is 5.91 Å². The second kappa shape index (κ2) is 8.60. The van der Waals surface area contributed by atoms with Crippen LogP contribution in [0.4, 0.5) is 0 Å². The van der Waals surface area contributed by atoms with Gasteiger partial charge in [-0.3, -0.25) is 9.78 Å². The predicted molar refractivity (Wildman–Crippen MR) is 96.0 cm³/mol. The van der Waals surface area contributed by atoms with Crippen LogP contribution >= 0.6 is 0 Å². The molecule has 2 aromatic rings. The third kappa shape index (κ3) is 4.78. The third-order valence-electron chi connectivity index (χ3n) is 4.25. The Morgan fingerprint density at radius 1 is 1.28 bits per heavy atom. The van der Waals surface area contributed by atoms with Crippen LogP contribution in [0.5, 0.6) is 5.75 Å². The van der Waals surface area contributed by atoms with Gasteiger partial charge in [-0.15, -0.1) is 0 Å². The minimum atomic E-state index is -0.231. The van der Waals surface area contributed by atoms with E-state index < -0.39 is 0 Å². The molecule has 6 heteroatoms. The van der Waals surface area contributed by atoms with Crippen LogP contribution in [-0.4, -0.2) is 30.1 Å². The van der Waals surface area contributed by atoms with E-state index in [0.29, 0.717) is 19.6 Å². The summed E-state index contributed by atoms with van der Waals surface area (Å²) in [4.78, 5) is 16.4. The van der Waals surface area contributed by atoms with Gasteiger partial charge in [-0.25, -0.2) is 10.9 Å². The number of carbonyl (C=O) groups excluding carboxylic acids is 1. The first kappa shape index (κ1) is 17.4. The first-order chi connectivity index (χ1) is 12.3. The molecule has 6 nitrogen and oxygen atoms in total. The number of pyridine rings is 1. The summed E-state index contributed by atoms with van der Waals surface area (Å²) >= 11 is 0. The molecular formula is C19H24N4O2. The Balaban J connectivity index is 1.46. The van der Waals surface area contributed by atoms with Crippen LogP contribution in [-0.2, 0) is 11.2 Å². The van der Waals surface area contributed by atoms with Crippen molar-refractivity contribution in [2.24, 2.45) is 0 Å². The molecule has 2 unspecified atom stereocenters. The summed E-state index contributed by atoms with van der Waals surface area (Å²) in [6.45, 7) is 3.23. The Labute approximate surface area is 148 Å². The number of amides is 1. The number of hydrazine groups is 1. The van der Waals surface area contributed by atoms with Gasteiger partial charge < -0.3 is 10.1 Å². The lowest BCUT2D eigenvalue weighted by molar-refractivity contribution is -0.122. The molecule has 1 aliphatic rings. The van der Waals surface area contributed by atoms with Crippen LogP contribution in [0.2, 0.25) is 0 Å². The van der Waals surface area contributed by atoms with E-state index in [-0.39, 0.29) is 18.0 Å². The van der Waals surface area contributed by atoms with Crippen molar-refractivity contribution in [3.05, 3.63) is 59.9 Å². The third-order valence-corrected chi connectivity index (χ3v) is 4.25. The zero-order valence-electron chi connectivity index (χ0n) is 14.4. The minimum Gasteiger partial charge on any atom is -0.494 e. The molecule has 3 rings (SSSR count). The second-order valence-electron chi connectivity index (χ2n) is 6.03. The molecule has 0 radical (unpaired) electrons. The quantitative estimate of drug-likeness (QED) is 0.716. The molecule has 1 aromatic heterocycles. The highest BCUT2D eigenvalue weighted by atomic mass is 16.5. The van der Waals surface area contributed by atoms with Crippen molar-refractivity contribution >= 4 is 5.91 Å². The van der Waals surface area contributed by atoms with Gasteiger partial charge in [-0.05, 0) is 49.1 Å². The smallest absolute Gasteiger partial charge is 0.238 e. The van der Waals surface area contributed by atoms with E-state index in [1.165, 1.54) is 0 Å². The largest absolute Gasteiger partial charge is 0.494 e. The molecule has 0 spiro atoms. The van der Waals surface area contributed by atoms with Crippen molar-refractivity contribution in [2.75, 3.05) is 13.2 Å². The number of hydrogen-bond acceptors (Lipinski definition) is 5. The zero-order valence-corrected chi connectivity index (χ0v) is 14.4. The first-order valence-corrected chi connectivity index (χ1v) is 8.66. The van der Waals surface area contributed by atoms with E-state index >= 15 is 0 Å². The Morgan fingerprint density at radius 3 is 2.84 bits per heavy atom. The number of carbonyl (C=O) groups is 1. The average molecular weight is 340 g/mol. The lowest BCUT2D eigenvalue weighted by Gasteiger charge is -2.11. The highest BCUT2D eigenvalue weighted by Gasteiger charge is 2.29. The number of nitrogens with one attached hydrogen (secondary N) is 3. The SMILES string of the molecule is CCOc1ccc(C2CC(C(=O)NCCc3cccnc3)NN2)cc1. The average Bonchev–Trinajstić information content (AvgIpc) is 3.14. The van der Waals surface area contributed by atoms with E-state index in [1.807, 2.05) is 49.5 Å². The standard InChI is InChI=1S/C19H24N4O2/c1-2-25-16-7-5-15(6-8-16)17-12-18(23-22-17)19(24)21-11-9-14-4-3-10-20-13-14/h3-8,10,13,17-18,22-23H,2,9,11-12H2,1H3,(H,21,24). The van der Waals surface area contributed by atoms with E-state index in [1.54, 1.807) is 6.20 Å². The fourth-order valence-electron chi connectivity index (χ4n) is 2.91. The number of nitrogens with zero attached hydrogens (tertiary/aromatic N) is 1. The van der Waals surface area contributed by atoms with E-state index in [9.17, 15) is 4.79 Å². The Bertz CT molecular complexity index is 676. The molecule has 0 bridgehead atoms. The molecule has 1 amide bonds. The van der Waals surface area contributed by atoms with Gasteiger partial charge in [0.25, 0.3) is 0 Å². The lowest BCUT2D eigenvalue weighted by atomic mass is 10.0. The molecule has 1 aromatic carbocycles. The molecule has 1 fully saturated rings. The molecule has 2 atom stereocenters. The highest BCUT2D eigenvalue weighted by molar-refractivity contribution is 5.82. The van der Waals surface area contributed by atoms with Gasteiger partial charge >= 0.3 is 0 Å². The maximum Gasteiger partial charge on any atom is 0.238 e. The van der Waals surface area contributed by atoms with Gasteiger partial charge in [-0.1, -0.05) is 18.2 Å². The van der Waals surface area contributed by atoms with Gasteiger partial charge in [0.05, 0.1) is 6.61 Å². The summed E-state index contributed by atoms with van der Waals surface area (Å²) in [6, 6.07) is 11.8. The number of rotatable bonds is 7. The summed E-state index contributed by atoms with van der Waals surface area (Å²) in [5.41, 5.74) is 8.55. The van der Waals surface area contributed by atoms with E-state index in [2.05, 4.69) is 21.2 Å². The summed E-state index contributed by atoms with van der Waals surface area (Å²) in [5.74, 6) is 0.881. The molecule has 0 aliphatic carbocycles. The van der Waals surface area contributed by atoms with Crippen LogP contribution < -0.4 is 20.9 Å². The highest BCUT2D eigenvalue weighted by Crippen LogP contribution is 2.24. The molecule has 132 valence electrons. The molecule has 2 heterocycles. The van der Waals surface area contributed by atoms with Crippen molar-refractivity contribution in [1.82, 2.24) is 21.2 Å². The van der Waals surface area contributed by atoms with E-state index in [0.717, 1.165) is 23.3 Å². The number of benzene rings is 1. The van der Waals surface area contributed by atoms with Gasteiger partial charge in [0.1, 0.15) is 11.8 Å². The molecule has 1 saturated heterocycles. The van der Waals surface area contributed by atoms with Crippen LogP contribution in [0.1, 0.15) is 30.5 Å². The summed E-state index contributed by atoms with van der Waals surface area (Å²) in [5, 5.41) is 2.98. The maximum absolute atomic E-state index is 12.3. The predicted octanol–water partition coefficient (Wildman–Crippen LogP) is 1.75. The molecular weight excluding hydrogens is 316 g/mol. The van der Waals surface area contributed by atoms with Crippen molar-refractivity contribution < 1.29 is 9.53 Å². The summed E-state index contributed by atoms with van der Waals surface area (Å²) < 4.78 is 5.46. The van der Waals surface area contributed by atoms with Gasteiger partial charge in [-0.2, -0.15) is 0 Å². The first-order valence-electron chi connectivity index (χ1n) is 8.66. The Kier molecular flexibility index (Phi) is 5.98. The van der Waals surface area contributed by atoms with Crippen LogP contribution in [0, 0.1) is 0 Å². The monoisotopic (exact) mass is 340 g/mol. The van der Waals surface area contributed by atoms with Crippen LogP contribution in [0.15, 0.2) is 48.8 Å². The molecule has 1 aliphatic heterocycles. The normalized spacial score (nSPS) is 19.6. The zero-order chi connectivity index (χ0) is 17.5. The molecule has 0 saturated carbocycles. The number of ether oxygens (including phenoxy) is 1. The van der Waals surface area contributed by atoms with Crippen molar-refractivity contribution in [1.29, 1.82) is 0 Å². The lowest BCUT2D eigenvalue weighted by Crippen LogP contribution is -2.43. The van der Waals surface area contributed by atoms with Crippen LogP contribution in [0.3, 0.4) is 0 Å². The summed E-state index contributed by atoms with van der Waals surface area (Å²) in [6.07, 6.45) is 5.06. The maximum atomic E-state index is 12.3. The number of hydrogen-bond donors (Lipinski definition) is 3. The van der Waals surface area contributed by atoms with E-state index in [4.69, 9.17) is 4.74 Å². The second-order valence-corrected chi connectivity index (χ2v) is 6.03. The van der Waals surface area contributed by atoms with Crippen molar-refractivity contribution in [3.63, 3.8) is 0 Å². The Morgan fingerprint density at radius 2 is 2.12 bits per heavy atom. The number of aromatic nitrogens is 1. The van der Waals surface area contributed by atoms with Gasteiger partial charge in [0, 0.05) is 25.0 Å². The van der Waals surface area contributed by atoms with Gasteiger partial charge in [0.15, 0.2) is 0 Å². The Hall–Kier alpha value is -2.44.